The molecule has 4 rings (SSSR count). The van der Waals surface area contributed by atoms with E-state index < -0.39 is 5.69 Å². The average Bonchev–Trinajstić information content (AvgIpc) is 2.92. The maximum atomic E-state index is 13.4. The Kier molecular flexibility index (Phi) is 10.2. The molecule has 1 aliphatic heterocycles. The van der Waals surface area contributed by atoms with Crippen molar-refractivity contribution in [2.45, 2.75) is 50.0 Å². The van der Waals surface area contributed by atoms with E-state index in [-0.39, 0.29) is 29.0 Å². The fraction of sp³-hybridized carbons (Fsp3) is 0.429. The van der Waals surface area contributed by atoms with E-state index in [1.165, 1.54) is 0 Å². The van der Waals surface area contributed by atoms with Crippen molar-refractivity contribution in [2.24, 2.45) is 0 Å². The van der Waals surface area contributed by atoms with E-state index in [9.17, 15) is 9.59 Å². The summed E-state index contributed by atoms with van der Waals surface area (Å²) in [4.78, 5) is 26.3. The lowest BCUT2D eigenvalue weighted by molar-refractivity contribution is -0.0126. The van der Waals surface area contributed by atoms with Gasteiger partial charge < -0.3 is 18.9 Å². The predicted molar refractivity (Wildman–Crippen MR) is 144 cm³/mol. The van der Waals surface area contributed by atoms with E-state index in [2.05, 4.69) is 0 Å². The fourth-order valence-corrected chi connectivity index (χ4v) is 5.47. The van der Waals surface area contributed by atoms with Crippen LogP contribution in [0.15, 0.2) is 76.4 Å². The second kappa shape index (κ2) is 13.7. The van der Waals surface area contributed by atoms with Crippen LogP contribution in [0.3, 0.4) is 0 Å². The molecule has 2 heterocycles. The Morgan fingerprint density at radius 1 is 0.892 bits per heavy atom. The van der Waals surface area contributed by atoms with Crippen molar-refractivity contribution in [1.29, 1.82) is 0 Å². The first-order valence-electron chi connectivity index (χ1n) is 12.5. The van der Waals surface area contributed by atoms with E-state index in [1.807, 2.05) is 67.6 Å². The molecule has 9 heteroatoms. The third-order valence-corrected chi connectivity index (χ3v) is 7.74. The number of ether oxygens (including phenoxy) is 4. The molecule has 0 radical (unpaired) electrons. The average molecular weight is 527 g/mol. The van der Waals surface area contributed by atoms with Crippen LogP contribution < -0.4 is 11.2 Å². The first-order valence-corrected chi connectivity index (χ1v) is 13.4. The van der Waals surface area contributed by atoms with Crippen LogP contribution in [-0.2, 0) is 45.3 Å². The molecule has 3 atom stereocenters. The predicted octanol–water partition coefficient (Wildman–Crippen LogP) is 3.61. The van der Waals surface area contributed by atoms with Crippen LogP contribution in [0, 0.1) is 0 Å². The largest absolute Gasteiger partial charge is 0.382 e. The van der Waals surface area contributed by atoms with Crippen molar-refractivity contribution in [3.05, 3.63) is 104 Å². The topological polar surface area (TPSA) is 80.9 Å². The van der Waals surface area contributed by atoms with Crippen molar-refractivity contribution >= 4 is 11.8 Å². The quantitative estimate of drug-likeness (QED) is 0.297. The van der Waals surface area contributed by atoms with Gasteiger partial charge in [0, 0.05) is 18.9 Å². The number of aryl methyl sites for hydroxylation is 1. The highest BCUT2D eigenvalue weighted by Gasteiger charge is 2.45. The Hall–Kier alpha value is -2.69. The molecule has 37 heavy (non-hydrogen) atoms. The highest BCUT2D eigenvalue weighted by Crippen LogP contribution is 2.47. The molecular weight excluding hydrogens is 492 g/mol. The van der Waals surface area contributed by atoms with Gasteiger partial charge in [0.1, 0.15) is 18.2 Å². The normalized spacial score (nSPS) is 19.0. The van der Waals surface area contributed by atoms with Gasteiger partial charge in [-0.25, -0.2) is 9.36 Å². The molecule has 1 fully saturated rings. The highest BCUT2D eigenvalue weighted by molar-refractivity contribution is 8.01. The summed E-state index contributed by atoms with van der Waals surface area (Å²) in [5.74, 6) is 0. The van der Waals surface area contributed by atoms with Gasteiger partial charge in [-0.1, -0.05) is 67.6 Å². The van der Waals surface area contributed by atoms with E-state index >= 15 is 0 Å². The van der Waals surface area contributed by atoms with E-state index in [4.69, 9.17) is 18.9 Å². The maximum Gasteiger partial charge on any atom is 0.333 e. The van der Waals surface area contributed by atoms with Crippen LogP contribution in [0.2, 0.25) is 0 Å². The van der Waals surface area contributed by atoms with Gasteiger partial charge in [0.2, 0.25) is 0 Å². The Balaban J connectivity index is 1.52. The Morgan fingerprint density at radius 2 is 1.57 bits per heavy atom. The Bertz CT molecular complexity index is 1230. The standard InChI is InChI=1S/C28H34N2O6S/c1-3-23-16-29(28(32)30(26(23)31)20-34-15-14-33-2)27-25(36-18-22-12-8-5-9-13-22)24(37-27)19-35-17-21-10-6-4-7-11-21/h4-13,16,24-25,27H,3,14-15,17-20H2,1-2H3/t24-,25-,27+/m1/s1. The van der Waals surface area contributed by atoms with Crippen molar-refractivity contribution in [2.75, 3.05) is 26.9 Å². The zero-order valence-corrected chi connectivity index (χ0v) is 22.1. The third-order valence-electron chi connectivity index (χ3n) is 6.21. The number of hydrogen-bond donors (Lipinski definition) is 0. The molecule has 1 aromatic heterocycles. The summed E-state index contributed by atoms with van der Waals surface area (Å²) >= 11 is 1.62. The number of benzene rings is 2. The summed E-state index contributed by atoms with van der Waals surface area (Å²) in [5, 5.41) is -0.231. The van der Waals surface area contributed by atoms with Gasteiger partial charge in [-0.05, 0) is 17.5 Å². The van der Waals surface area contributed by atoms with Crippen LogP contribution in [0.5, 0.6) is 0 Å². The van der Waals surface area contributed by atoms with Crippen LogP contribution >= 0.6 is 11.8 Å². The molecule has 0 unspecified atom stereocenters. The van der Waals surface area contributed by atoms with Gasteiger partial charge in [0.05, 0.1) is 38.3 Å². The SMILES string of the molecule is CCc1cn([C@H]2S[C@H](COCc3ccccc3)[C@H]2OCc2ccccc2)c(=O)n(COCCOC)c1=O. The van der Waals surface area contributed by atoms with Gasteiger partial charge in [-0.15, -0.1) is 11.8 Å². The summed E-state index contributed by atoms with van der Waals surface area (Å²) in [6.45, 7) is 3.88. The lowest BCUT2D eigenvalue weighted by Gasteiger charge is -2.44. The Labute approximate surface area is 221 Å². The summed E-state index contributed by atoms with van der Waals surface area (Å²) in [5.41, 5.74) is 1.99. The van der Waals surface area contributed by atoms with Crippen molar-refractivity contribution in [3.8, 4) is 0 Å². The van der Waals surface area contributed by atoms with Gasteiger partial charge in [-0.2, -0.15) is 0 Å². The monoisotopic (exact) mass is 526 g/mol. The minimum Gasteiger partial charge on any atom is -0.382 e. The molecule has 8 nitrogen and oxygen atoms in total. The molecule has 0 amide bonds. The van der Waals surface area contributed by atoms with Crippen LogP contribution in [0.25, 0.3) is 0 Å². The first kappa shape index (κ1) is 27.3. The smallest absolute Gasteiger partial charge is 0.333 e. The molecule has 0 spiro atoms. The van der Waals surface area contributed by atoms with Crippen molar-refractivity contribution < 1.29 is 18.9 Å². The van der Waals surface area contributed by atoms with E-state index in [0.29, 0.717) is 45.0 Å². The minimum absolute atomic E-state index is 0.0488. The number of hydrogen-bond acceptors (Lipinski definition) is 7. The Morgan fingerprint density at radius 3 is 2.22 bits per heavy atom. The zero-order valence-electron chi connectivity index (χ0n) is 21.3. The third kappa shape index (κ3) is 7.00. The summed E-state index contributed by atoms with van der Waals surface area (Å²) in [7, 11) is 1.57. The van der Waals surface area contributed by atoms with Gasteiger partial charge in [-0.3, -0.25) is 9.36 Å². The number of nitrogens with zero attached hydrogens (tertiary/aromatic N) is 2. The summed E-state index contributed by atoms with van der Waals surface area (Å²) in [6, 6.07) is 20.0. The van der Waals surface area contributed by atoms with Crippen LogP contribution in [-0.4, -0.2) is 47.4 Å². The fourth-order valence-electron chi connectivity index (χ4n) is 4.12. The highest BCUT2D eigenvalue weighted by atomic mass is 32.2. The van der Waals surface area contributed by atoms with Crippen molar-refractivity contribution in [3.63, 3.8) is 0 Å². The minimum atomic E-state index is -0.408. The second-order valence-electron chi connectivity index (χ2n) is 8.79. The zero-order chi connectivity index (χ0) is 26.0. The molecule has 2 aromatic carbocycles. The number of rotatable bonds is 14. The van der Waals surface area contributed by atoms with Crippen molar-refractivity contribution in [1.82, 2.24) is 9.13 Å². The van der Waals surface area contributed by atoms with Crippen LogP contribution in [0.1, 0.15) is 29.0 Å². The molecule has 198 valence electrons. The van der Waals surface area contributed by atoms with Gasteiger partial charge in [0.25, 0.3) is 5.56 Å². The molecule has 1 aliphatic rings. The maximum absolute atomic E-state index is 13.4. The number of methoxy groups -OCH3 is 1. The molecule has 0 bridgehead atoms. The van der Waals surface area contributed by atoms with Gasteiger partial charge in [0.15, 0.2) is 0 Å². The molecule has 0 saturated carbocycles. The molecule has 0 aliphatic carbocycles. The molecule has 0 N–H and O–H groups in total. The number of thioether (sulfide) groups is 1. The first-order chi connectivity index (χ1) is 18.1. The molecule has 1 saturated heterocycles. The lowest BCUT2D eigenvalue weighted by atomic mass is 10.2. The number of aromatic nitrogens is 2. The van der Waals surface area contributed by atoms with E-state index in [1.54, 1.807) is 29.6 Å². The van der Waals surface area contributed by atoms with E-state index in [0.717, 1.165) is 15.7 Å². The second-order valence-corrected chi connectivity index (χ2v) is 10.1. The van der Waals surface area contributed by atoms with Crippen LogP contribution in [0.4, 0.5) is 0 Å². The molecular formula is C28H34N2O6S. The summed E-state index contributed by atoms with van der Waals surface area (Å²) < 4.78 is 25.7. The lowest BCUT2D eigenvalue weighted by Crippen LogP contribution is -2.52. The molecule has 3 aromatic rings. The van der Waals surface area contributed by atoms with Gasteiger partial charge >= 0.3 is 5.69 Å². The summed E-state index contributed by atoms with van der Waals surface area (Å²) in [6.07, 6.45) is 1.92.